The third-order valence-corrected chi connectivity index (χ3v) is 4.95. The molecule has 2 heterocycles. The van der Waals surface area contributed by atoms with Gasteiger partial charge in [0.05, 0.1) is 25.3 Å². The van der Waals surface area contributed by atoms with Crippen LogP contribution in [0.3, 0.4) is 0 Å². The van der Waals surface area contributed by atoms with Crippen LogP contribution < -0.4 is 20.1 Å². The van der Waals surface area contributed by atoms with Crippen LogP contribution in [0.5, 0.6) is 11.5 Å². The Morgan fingerprint density at radius 3 is 2.31 bits per heavy atom. The molecule has 2 N–H and O–H groups in total. The Labute approximate surface area is 185 Å². The first-order valence-corrected chi connectivity index (χ1v) is 10.0. The maximum atomic E-state index is 12.3. The number of carbonyl (C=O) groups is 1. The molecule has 0 radical (unpaired) electrons. The van der Waals surface area contributed by atoms with Crippen LogP contribution in [0.1, 0.15) is 26.5 Å². The summed E-state index contributed by atoms with van der Waals surface area (Å²) in [6.45, 7) is 6.03. The average molecular weight is 435 g/mol. The molecule has 0 aliphatic rings. The normalized spacial score (nSPS) is 11.4. The fraction of sp³-hybridized carbons (Fsp3) is 0.261. The summed E-state index contributed by atoms with van der Waals surface area (Å²) in [5.41, 5.74) is 2.99. The number of anilines is 2. The lowest BCUT2D eigenvalue weighted by Gasteiger charge is -2.12. The summed E-state index contributed by atoms with van der Waals surface area (Å²) in [4.78, 5) is 16.8. The van der Waals surface area contributed by atoms with E-state index in [1.165, 1.54) is 0 Å². The predicted molar refractivity (Wildman–Crippen MR) is 122 cm³/mol. The zero-order valence-corrected chi connectivity index (χ0v) is 18.6. The lowest BCUT2D eigenvalue weighted by Crippen LogP contribution is -2.19. The van der Waals surface area contributed by atoms with E-state index in [0.717, 1.165) is 16.7 Å². The van der Waals surface area contributed by atoms with Gasteiger partial charge in [0.15, 0.2) is 17.3 Å². The van der Waals surface area contributed by atoms with E-state index in [4.69, 9.17) is 14.0 Å². The van der Waals surface area contributed by atoms with Gasteiger partial charge in [0, 0.05) is 35.0 Å². The lowest BCUT2D eigenvalue weighted by molar-refractivity contribution is 0.262. The number of aromatic nitrogens is 3. The first kappa shape index (κ1) is 21.2. The number of benzene rings is 2. The highest BCUT2D eigenvalue weighted by Gasteiger charge is 2.20. The van der Waals surface area contributed by atoms with E-state index in [0.29, 0.717) is 28.8 Å². The topological polar surface area (TPSA) is 103 Å². The van der Waals surface area contributed by atoms with Crippen LogP contribution in [-0.4, -0.2) is 35.0 Å². The van der Waals surface area contributed by atoms with E-state index in [-0.39, 0.29) is 5.41 Å². The van der Waals surface area contributed by atoms with Crippen molar-refractivity contribution in [3.63, 3.8) is 0 Å². The smallest absolute Gasteiger partial charge is 0.324 e. The second-order valence-electron chi connectivity index (χ2n) is 8.26. The molecular weight excluding hydrogens is 410 g/mol. The molecule has 0 fully saturated rings. The van der Waals surface area contributed by atoms with Gasteiger partial charge >= 0.3 is 6.03 Å². The number of carbonyl (C=O) groups excluding carboxylic acids is 1. The molecule has 32 heavy (non-hydrogen) atoms. The van der Waals surface area contributed by atoms with Crippen LogP contribution in [-0.2, 0) is 5.41 Å². The molecule has 2 amide bonds. The fourth-order valence-corrected chi connectivity index (χ4v) is 3.21. The highest BCUT2D eigenvalue weighted by atomic mass is 16.5. The molecule has 9 nitrogen and oxygen atoms in total. The van der Waals surface area contributed by atoms with Gasteiger partial charge in [-0.1, -0.05) is 25.9 Å². The van der Waals surface area contributed by atoms with E-state index >= 15 is 0 Å². The number of imidazole rings is 1. The van der Waals surface area contributed by atoms with Crippen molar-refractivity contribution in [2.24, 2.45) is 0 Å². The first-order chi connectivity index (χ1) is 15.3. The number of rotatable bonds is 5. The molecule has 0 spiro atoms. The number of amides is 2. The molecule has 4 aromatic rings. The third-order valence-electron chi connectivity index (χ3n) is 4.95. The zero-order valence-electron chi connectivity index (χ0n) is 18.6. The van der Waals surface area contributed by atoms with Crippen molar-refractivity contribution in [1.29, 1.82) is 0 Å². The predicted octanol–water partition coefficient (Wildman–Crippen LogP) is 4.97. The maximum Gasteiger partial charge on any atom is 0.324 e. The number of urea groups is 1. The zero-order chi connectivity index (χ0) is 22.9. The molecule has 0 atom stereocenters. The summed E-state index contributed by atoms with van der Waals surface area (Å²) >= 11 is 0. The molecule has 2 aromatic heterocycles. The SMILES string of the molecule is COc1cc2ncn(-c3ccc(NC(=O)Nc4cc(C(C)(C)C)on4)cc3)c2cc1OC. The van der Waals surface area contributed by atoms with Gasteiger partial charge in [0.1, 0.15) is 12.1 Å². The highest BCUT2D eigenvalue weighted by molar-refractivity contribution is 5.99. The van der Waals surface area contributed by atoms with Crippen molar-refractivity contribution >= 4 is 28.6 Å². The largest absolute Gasteiger partial charge is 0.493 e. The molecule has 0 unspecified atom stereocenters. The molecule has 0 saturated carbocycles. The summed E-state index contributed by atoms with van der Waals surface area (Å²) in [5, 5.41) is 9.36. The molecule has 2 aromatic carbocycles. The number of methoxy groups -OCH3 is 2. The minimum atomic E-state index is -0.406. The number of hydrogen-bond acceptors (Lipinski definition) is 6. The standard InChI is InChI=1S/C23H25N5O4/c1-23(2,3)20-12-21(27-32-20)26-22(29)25-14-6-8-15(9-7-14)28-13-24-16-10-18(30-4)19(31-5)11-17(16)28/h6-13H,1-5H3,(H2,25,26,27,29). The van der Waals surface area contributed by atoms with Gasteiger partial charge in [0.25, 0.3) is 0 Å². The Bertz CT molecular complexity index is 1250. The van der Waals surface area contributed by atoms with Crippen molar-refractivity contribution in [2.75, 3.05) is 24.9 Å². The molecule has 0 saturated heterocycles. The number of nitrogens with one attached hydrogen (secondary N) is 2. The van der Waals surface area contributed by atoms with E-state index in [9.17, 15) is 4.79 Å². The molecule has 0 aliphatic carbocycles. The highest BCUT2D eigenvalue weighted by Crippen LogP contribution is 2.32. The van der Waals surface area contributed by atoms with Crippen LogP contribution in [0, 0.1) is 0 Å². The second-order valence-corrected chi connectivity index (χ2v) is 8.26. The van der Waals surface area contributed by atoms with Gasteiger partial charge in [-0.3, -0.25) is 9.88 Å². The van der Waals surface area contributed by atoms with E-state index in [1.54, 1.807) is 26.6 Å². The third kappa shape index (κ3) is 4.22. The van der Waals surface area contributed by atoms with Gasteiger partial charge in [0.2, 0.25) is 0 Å². The van der Waals surface area contributed by atoms with Crippen LogP contribution in [0.25, 0.3) is 16.7 Å². The average Bonchev–Trinajstić information content (AvgIpc) is 3.40. The number of fused-ring (bicyclic) bond motifs is 1. The van der Waals surface area contributed by atoms with Crippen molar-refractivity contribution in [1.82, 2.24) is 14.7 Å². The Balaban J connectivity index is 1.48. The number of nitrogens with zero attached hydrogens (tertiary/aromatic N) is 3. The van der Waals surface area contributed by atoms with Crippen molar-refractivity contribution < 1.29 is 18.8 Å². The summed E-state index contributed by atoms with van der Waals surface area (Å²) < 4.78 is 18.0. The molecular formula is C23H25N5O4. The van der Waals surface area contributed by atoms with E-state index in [2.05, 4.69) is 20.8 Å². The molecule has 4 rings (SSSR count). The van der Waals surface area contributed by atoms with Crippen LogP contribution in [0.4, 0.5) is 16.3 Å². The van der Waals surface area contributed by atoms with Gasteiger partial charge in [-0.25, -0.2) is 9.78 Å². The summed E-state index contributed by atoms with van der Waals surface area (Å²) in [5.74, 6) is 2.30. The Hall–Kier alpha value is -4.01. The fourth-order valence-electron chi connectivity index (χ4n) is 3.21. The minimum Gasteiger partial charge on any atom is -0.493 e. The van der Waals surface area contributed by atoms with Crippen LogP contribution >= 0.6 is 0 Å². The van der Waals surface area contributed by atoms with Gasteiger partial charge in [-0.2, -0.15) is 0 Å². The van der Waals surface area contributed by atoms with Crippen molar-refractivity contribution in [2.45, 2.75) is 26.2 Å². The summed E-state index contributed by atoms with van der Waals surface area (Å²) in [6, 6.07) is 12.4. The molecule has 0 bridgehead atoms. The summed E-state index contributed by atoms with van der Waals surface area (Å²) in [7, 11) is 3.19. The Morgan fingerprint density at radius 2 is 1.69 bits per heavy atom. The quantitative estimate of drug-likeness (QED) is 0.459. The summed E-state index contributed by atoms with van der Waals surface area (Å²) in [6.07, 6.45) is 1.73. The van der Waals surface area contributed by atoms with Gasteiger partial charge < -0.3 is 19.3 Å². The van der Waals surface area contributed by atoms with Crippen LogP contribution in [0.15, 0.2) is 53.3 Å². The Kier molecular flexibility index (Phi) is 5.48. The molecule has 166 valence electrons. The second kappa shape index (κ2) is 8.26. The lowest BCUT2D eigenvalue weighted by atomic mass is 9.93. The minimum absolute atomic E-state index is 0.189. The van der Waals surface area contributed by atoms with Crippen LogP contribution in [0.2, 0.25) is 0 Å². The van der Waals surface area contributed by atoms with Crippen molar-refractivity contribution in [3.8, 4) is 17.2 Å². The van der Waals surface area contributed by atoms with Gasteiger partial charge in [-0.15, -0.1) is 0 Å². The Morgan fingerprint density at radius 1 is 1.00 bits per heavy atom. The van der Waals surface area contributed by atoms with Crippen molar-refractivity contribution in [3.05, 3.63) is 54.6 Å². The maximum absolute atomic E-state index is 12.3. The monoisotopic (exact) mass is 435 g/mol. The van der Waals surface area contributed by atoms with E-state index < -0.39 is 6.03 Å². The first-order valence-electron chi connectivity index (χ1n) is 10.0. The van der Waals surface area contributed by atoms with Gasteiger partial charge in [-0.05, 0) is 24.3 Å². The molecule has 9 heteroatoms. The van der Waals surface area contributed by atoms with E-state index in [1.807, 2.05) is 61.7 Å². The molecule has 0 aliphatic heterocycles. The number of hydrogen-bond donors (Lipinski definition) is 2. The number of ether oxygens (including phenoxy) is 2.